The van der Waals surface area contributed by atoms with E-state index in [4.69, 9.17) is 0 Å². The molecule has 3 nitrogen and oxygen atoms in total. The van der Waals surface area contributed by atoms with Crippen LogP contribution in [0.5, 0.6) is 0 Å². The van der Waals surface area contributed by atoms with Gasteiger partial charge in [-0.3, -0.25) is 0 Å². The maximum atomic E-state index is 10.3. The summed E-state index contributed by atoms with van der Waals surface area (Å²) in [5.74, 6) is -1.11. The molecule has 0 aromatic carbocycles. The molecule has 0 saturated heterocycles. The Bertz CT molecular complexity index is 140. The van der Waals surface area contributed by atoms with Crippen LogP contribution >= 0.6 is 0 Å². The molecular formula is C11H22O3SnTi. The van der Waals surface area contributed by atoms with Crippen LogP contribution in [-0.4, -0.2) is 36.0 Å². The van der Waals surface area contributed by atoms with Gasteiger partial charge in [0.15, 0.2) is 0 Å². The Balaban J connectivity index is -0.000000105. The van der Waals surface area contributed by atoms with Crippen LogP contribution in [0, 0.1) is 5.92 Å². The Morgan fingerprint density at radius 2 is 1.62 bits per heavy atom. The van der Waals surface area contributed by atoms with Crippen LogP contribution in [0.3, 0.4) is 0 Å². The van der Waals surface area contributed by atoms with Crippen molar-refractivity contribution in [2.24, 2.45) is 5.92 Å². The summed E-state index contributed by atoms with van der Waals surface area (Å²) in [7, 11) is 0. The van der Waals surface area contributed by atoms with Crippen LogP contribution in [0.25, 0.3) is 0 Å². The van der Waals surface area contributed by atoms with Gasteiger partial charge < -0.3 is 15.0 Å². The summed E-state index contributed by atoms with van der Waals surface area (Å²) in [6, 6.07) is 0. The third kappa shape index (κ3) is 24.3. The Morgan fingerprint density at radius 1 is 1.25 bits per heavy atom. The maximum Gasteiger partial charge on any atom is 2.00 e. The molecule has 1 unspecified atom stereocenters. The number of carboxylic acid groups (broad SMARTS) is 1. The Hall–Kier alpha value is 0.943. The van der Waals surface area contributed by atoms with Gasteiger partial charge in [-0.05, 0) is 18.8 Å². The number of unbranched alkanes of at least 4 members (excludes halogenated alkanes) is 1. The minimum Gasteiger partial charge on any atom is -0.852 e. The Morgan fingerprint density at radius 3 is 1.81 bits per heavy atom. The SMILES string of the molecule is CC(C)[O-].CCCCC(CC)C(=O)[O-].[Sn+2].[Ti]. The van der Waals surface area contributed by atoms with E-state index in [0.717, 1.165) is 19.3 Å². The van der Waals surface area contributed by atoms with Gasteiger partial charge in [-0.15, -0.1) is 6.10 Å². The molecule has 0 N–H and O–H groups in total. The summed E-state index contributed by atoms with van der Waals surface area (Å²) in [6.45, 7) is 7.16. The van der Waals surface area contributed by atoms with E-state index in [1.54, 1.807) is 13.8 Å². The maximum absolute atomic E-state index is 10.3. The van der Waals surface area contributed by atoms with E-state index in [1.165, 1.54) is 0 Å². The molecule has 0 aliphatic rings. The fourth-order valence-electron chi connectivity index (χ4n) is 0.939. The number of hydrogen-bond donors (Lipinski definition) is 0. The van der Waals surface area contributed by atoms with Crippen LogP contribution in [-0.2, 0) is 26.5 Å². The molecule has 0 aliphatic carbocycles. The Kier molecular flexibility index (Phi) is 29.4. The minimum absolute atomic E-state index is 0. The van der Waals surface area contributed by atoms with Crippen LogP contribution in [0.15, 0.2) is 0 Å². The summed E-state index contributed by atoms with van der Waals surface area (Å²) in [4.78, 5) is 10.3. The molecule has 92 valence electrons. The van der Waals surface area contributed by atoms with Crippen molar-refractivity contribution in [1.82, 2.24) is 0 Å². The number of carbonyl (C=O) groups is 1. The third-order valence-electron chi connectivity index (χ3n) is 1.73. The number of rotatable bonds is 5. The monoisotopic (exact) mass is 370 g/mol. The first-order valence-electron chi connectivity index (χ1n) is 5.32. The zero-order valence-electron chi connectivity index (χ0n) is 10.7. The van der Waals surface area contributed by atoms with Gasteiger partial charge in [0.1, 0.15) is 0 Å². The Labute approximate surface area is 131 Å². The predicted octanol–water partition coefficient (Wildman–Crippen LogP) is 0.324. The van der Waals surface area contributed by atoms with Gasteiger partial charge in [-0.1, -0.05) is 40.5 Å². The van der Waals surface area contributed by atoms with Gasteiger partial charge in [0, 0.05) is 27.7 Å². The molecule has 0 heterocycles. The number of carboxylic acids is 1. The molecule has 5 heteroatoms. The van der Waals surface area contributed by atoms with Crippen LogP contribution < -0.4 is 10.2 Å². The van der Waals surface area contributed by atoms with Crippen molar-refractivity contribution in [1.29, 1.82) is 0 Å². The molecule has 0 aliphatic heterocycles. The minimum atomic E-state index is -0.893. The normalized spacial score (nSPS) is 10.4. The van der Waals surface area contributed by atoms with Crippen LogP contribution in [0.4, 0.5) is 0 Å². The number of hydrogen-bond acceptors (Lipinski definition) is 3. The van der Waals surface area contributed by atoms with E-state index < -0.39 is 12.1 Å². The molecule has 0 fully saturated rings. The van der Waals surface area contributed by atoms with E-state index in [2.05, 4.69) is 6.92 Å². The van der Waals surface area contributed by atoms with Crippen LogP contribution in [0.1, 0.15) is 53.4 Å². The van der Waals surface area contributed by atoms with Crippen LogP contribution in [0.2, 0.25) is 0 Å². The molecule has 0 bridgehead atoms. The van der Waals surface area contributed by atoms with Gasteiger partial charge in [0.05, 0.1) is 0 Å². The molecule has 0 aromatic rings. The molecule has 2 radical (unpaired) electrons. The van der Waals surface area contributed by atoms with Crippen molar-refractivity contribution in [3.8, 4) is 0 Å². The summed E-state index contributed by atoms with van der Waals surface area (Å²) in [5, 5.41) is 19.9. The fraction of sp³-hybridized carbons (Fsp3) is 0.909. The van der Waals surface area contributed by atoms with Crippen molar-refractivity contribution < 1.29 is 36.7 Å². The van der Waals surface area contributed by atoms with E-state index in [0.29, 0.717) is 6.42 Å². The van der Waals surface area contributed by atoms with Gasteiger partial charge in [0.25, 0.3) is 0 Å². The van der Waals surface area contributed by atoms with Gasteiger partial charge in [0.2, 0.25) is 0 Å². The summed E-state index contributed by atoms with van der Waals surface area (Å²) < 4.78 is 0. The molecule has 0 spiro atoms. The second kappa shape index (κ2) is 18.3. The predicted molar refractivity (Wildman–Crippen MR) is 59.2 cm³/mol. The van der Waals surface area contributed by atoms with E-state index in [9.17, 15) is 15.0 Å². The average Bonchev–Trinajstić information content (AvgIpc) is 2.04. The fourth-order valence-corrected chi connectivity index (χ4v) is 0.939. The van der Waals surface area contributed by atoms with Gasteiger partial charge >= 0.3 is 23.9 Å². The van der Waals surface area contributed by atoms with Crippen molar-refractivity contribution in [3.63, 3.8) is 0 Å². The first-order chi connectivity index (χ1) is 6.45. The second-order valence-electron chi connectivity index (χ2n) is 3.62. The molecule has 1 atom stereocenters. The second-order valence-corrected chi connectivity index (χ2v) is 3.62. The molecule has 0 saturated carbocycles. The number of carbonyl (C=O) groups excluding carboxylic acids is 1. The topological polar surface area (TPSA) is 63.2 Å². The first kappa shape index (κ1) is 25.7. The van der Waals surface area contributed by atoms with Crippen molar-refractivity contribution in [2.75, 3.05) is 0 Å². The molecule has 16 heavy (non-hydrogen) atoms. The van der Waals surface area contributed by atoms with Gasteiger partial charge in [-0.2, -0.15) is 0 Å². The summed E-state index contributed by atoms with van der Waals surface area (Å²) in [6.07, 6.45) is 3.11. The van der Waals surface area contributed by atoms with Crippen molar-refractivity contribution in [2.45, 2.75) is 59.5 Å². The molecular weight excluding hydrogens is 347 g/mol. The zero-order valence-corrected chi connectivity index (χ0v) is 15.1. The smallest absolute Gasteiger partial charge is 0.852 e. The van der Waals surface area contributed by atoms with E-state index in [-0.39, 0.29) is 51.5 Å². The first-order valence-corrected chi connectivity index (χ1v) is 5.32. The average molecular weight is 369 g/mol. The third-order valence-corrected chi connectivity index (χ3v) is 1.73. The standard InChI is InChI=1S/C8H16O2.C3H7O.Sn.Ti/c1-3-5-6-7(4-2)8(9)10;1-3(2)4;;/h7H,3-6H2,1-2H3,(H,9,10);3H,1-2H3;;/q;-1;+2;/p-1. The zero-order chi connectivity index (χ0) is 11.6. The van der Waals surface area contributed by atoms with E-state index in [1.807, 2.05) is 6.92 Å². The largest absolute Gasteiger partial charge is 2.00 e. The number of aliphatic carboxylic acids is 1. The quantitative estimate of drug-likeness (QED) is 0.657. The summed E-state index contributed by atoms with van der Waals surface area (Å²) in [5.41, 5.74) is 0. The molecule has 0 rings (SSSR count). The molecule has 0 aromatic heterocycles. The van der Waals surface area contributed by atoms with E-state index >= 15 is 0 Å². The summed E-state index contributed by atoms with van der Waals surface area (Å²) >= 11 is 0. The van der Waals surface area contributed by atoms with Crippen molar-refractivity contribution in [3.05, 3.63) is 0 Å². The molecule has 0 amide bonds. The van der Waals surface area contributed by atoms with Gasteiger partial charge in [-0.25, -0.2) is 0 Å². The van der Waals surface area contributed by atoms with Crippen molar-refractivity contribution >= 4 is 29.9 Å².